The molecular formula is C19H18N4O. The molecule has 0 radical (unpaired) electrons. The molecule has 3 aromatic rings. The molecule has 5 nitrogen and oxygen atoms in total. The highest BCUT2D eigenvalue weighted by Crippen LogP contribution is 2.27. The van der Waals surface area contributed by atoms with Gasteiger partial charge in [0.05, 0.1) is 5.69 Å². The number of aromatic nitrogens is 3. The molecule has 2 aromatic heterocycles. The molecule has 1 aliphatic rings. The van der Waals surface area contributed by atoms with Crippen molar-refractivity contribution in [2.75, 3.05) is 0 Å². The van der Waals surface area contributed by atoms with Crippen molar-refractivity contribution in [3.8, 4) is 5.69 Å². The Morgan fingerprint density at radius 2 is 1.88 bits per heavy atom. The van der Waals surface area contributed by atoms with E-state index in [1.807, 2.05) is 47.1 Å². The minimum atomic E-state index is -0.111. The quantitative estimate of drug-likeness (QED) is 0.804. The third-order valence-electron chi connectivity index (χ3n) is 4.35. The van der Waals surface area contributed by atoms with Crippen molar-refractivity contribution in [3.05, 3.63) is 77.4 Å². The fraction of sp³-hybridized carbons (Fsp3) is 0.211. The van der Waals surface area contributed by atoms with Gasteiger partial charge >= 0.3 is 0 Å². The Kier molecular flexibility index (Phi) is 3.83. The predicted octanol–water partition coefficient (Wildman–Crippen LogP) is 2.69. The number of nitrogens with zero attached hydrogens (tertiary/aromatic N) is 3. The van der Waals surface area contributed by atoms with Crippen molar-refractivity contribution in [3.63, 3.8) is 0 Å². The number of benzene rings is 1. The summed E-state index contributed by atoms with van der Waals surface area (Å²) in [4.78, 5) is 16.6. The van der Waals surface area contributed by atoms with Crippen LogP contribution in [0, 0.1) is 0 Å². The van der Waals surface area contributed by atoms with Crippen LogP contribution in [0.1, 0.15) is 33.7 Å². The maximum absolute atomic E-state index is 12.6. The smallest absolute Gasteiger partial charge is 0.272 e. The normalized spacial score (nSPS) is 12.8. The van der Waals surface area contributed by atoms with Gasteiger partial charge in [0.1, 0.15) is 0 Å². The number of amides is 1. The van der Waals surface area contributed by atoms with Crippen LogP contribution in [0.5, 0.6) is 0 Å². The summed E-state index contributed by atoms with van der Waals surface area (Å²) in [5.74, 6) is -0.111. The van der Waals surface area contributed by atoms with E-state index in [9.17, 15) is 4.79 Å². The highest BCUT2D eigenvalue weighted by atomic mass is 16.1. The first-order chi connectivity index (χ1) is 11.8. The molecule has 2 heterocycles. The van der Waals surface area contributed by atoms with Crippen molar-refractivity contribution in [1.82, 2.24) is 20.1 Å². The maximum Gasteiger partial charge on any atom is 0.272 e. The molecule has 0 unspecified atom stereocenters. The Morgan fingerprint density at radius 1 is 1.08 bits per heavy atom. The Hall–Kier alpha value is -2.95. The van der Waals surface area contributed by atoms with Crippen LogP contribution in [0.4, 0.5) is 0 Å². The number of hydrogen-bond acceptors (Lipinski definition) is 3. The predicted molar refractivity (Wildman–Crippen MR) is 91.0 cm³/mol. The van der Waals surface area contributed by atoms with Crippen molar-refractivity contribution >= 4 is 5.91 Å². The van der Waals surface area contributed by atoms with Gasteiger partial charge in [0.2, 0.25) is 0 Å². The van der Waals surface area contributed by atoms with Crippen molar-refractivity contribution in [1.29, 1.82) is 0 Å². The highest BCUT2D eigenvalue weighted by molar-refractivity contribution is 5.94. The van der Waals surface area contributed by atoms with Crippen LogP contribution in [-0.4, -0.2) is 20.7 Å². The molecule has 0 saturated heterocycles. The first-order valence-corrected chi connectivity index (χ1v) is 8.16. The molecule has 120 valence electrons. The fourth-order valence-corrected chi connectivity index (χ4v) is 3.17. The summed E-state index contributed by atoms with van der Waals surface area (Å²) in [6, 6.07) is 13.8. The molecule has 1 aromatic carbocycles. The van der Waals surface area contributed by atoms with Gasteiger partial charge < -0.3 is 5.32 Å². The third-order valence-corrected chi connectivity index (χ3v) is 4.35. The van der Waals surface area contributed by atoms with Gasteiger partial charge in [0, 0.05) is 30.2 Å². The van der Waals surface area contributed by atoms with E-state index in [1.54, 1.807) is 12.4 Å². The Labute approximate surface area is 140 Å². The Balaban J connectivity index is 1.60. The molecule has 0 saturated carbocycles. The van der Waals surface area contributed by atoms with Gasteiger partial charge in [-0.05, 0) is 49.1 Å². The lowest BCUT2D eigenvalue weighted by atomic mass is 10.2. The lowest BCUT2D eigenvalue weighted by molar-refractivity contribution is 0.0944. The van der Waals surface area contributed by atoms with Crippen molar-refractivity contribution < 1.29 is 4.79 Å². The molecular weight excluding hydrogens is 300 g/mol. The van der Waals surface area contributed by atoms with Crippen LogP contribution < -0.4 is 5.32 Å². The van der Waals surface area contributed by atoms with Gasteiger partial charge in [0.25, 0.3) is 5.91 Å². The van der Waals surface area contributed by atoms with E-state index in [-0.39, 0.29) is 5.91 Å². The van der Waals surface area contributed by atoms with Gasteiger partial charge in [-0.2, -0.15) is 5.10 Å². The zero-order valence-corrected chi connectivity index (χ0v) is 13.3. The number of carbonyl (C=O) groups excluding carboxylic acids is 1. The fourth-order valence-electron chi connectivity index (χ4n) is 3.17. The molecule has 0 aliphatic heterocycles. The number of hydrogen-bond donors (Lipinski definition) is 1. The van der Waals surface area contributed by atoms with Gasteiger partial charge in [-0.25, -0.2) is 4.68 Å². The third kappa shape index (κ3) is 2.69. The minimum absolute atomic E-state index is 0.111. The number of fused-ring (bicyclic) bond motifs is 1. The topological polar surface area (TPSA) is 59.8 Å². The summed E-state index contributed by atoms with van der Waals surface area (Å²) in [6.07, 6.45) is 6.41. The molecule has 0 spiro atoms. The maximum atomic E-state index is 12.6. The summed E-state index contributed by atoms with van der Waals surface area (Å²) < 4.78 is 1.92. The van der Waals surface area contributed by atoms with E-state index < -0.39 is 0 Å². The second kappa shape index (κ2) is 6.28. The van der Waals surface area contributed by atoms with Crippen molar-refractivity contribution in [2.45, 2.75) is 25.8 Å². The number of pyridine rings is 1. The molecule has 1 N–H and O–H groups in total. The zero-order chi connectivity index (χ0) is 16.4. The average molecular weight is 318 g/mol. The molecule has 24 heavy (non-hydrogen) atoms. The summed E-state index contributed by atoms with van der Waals surface area (Å²) in [6.45, 7) is 0.480. The van der Waals surface area contributed by atoms with Crippen LogP contribution in [0.2, 0.25) is 0 Å². The number of nitrogens with one attached hydrogen (secondary N) is 1. The average Bonchev–Trinajstić information content (AvgIpc) is 3.24. The van der Waals surface area contributed by atoms with Gasteiger partial charge in [-0.3, -0.25) is 9.78 Å². The van der Waals surface area contributed by atoms with Crippen LogP contribution >= 0.6 is 0 Å². The Morgan fingerprint density at radius 3 is 2.67 bits per heavy atom. The lowest BCUT2D eigenvalue weighted by Gasteiger charge is -2.05. The highest BCUT2D eigenvalue weighted by Gasteiger charge is 2.26. The van der Waals surface area contributed by atoms with Crippen LogP contribution in [-0.2, 0) is 19.4 Å². The molecule has 5 heteroatoms. The summed E-state index contributed by atoms with van der Waals surface area (Å²) in [5.41, 5.74) is 4.84. The van der Waals surface area contributed by atoms with Gasteiger partial charge in [-0.1, -0.05) is 18.2 Å². The summed E-state index contributed by atoms with van der Waals surface area (Å²) in [5, 5.41) is 7.57. The SMILES string of the molecule is O=C(NCc1ccncc1)c1nn(-c2ccccc2)c2c1CCC2. The molecule has 1 amide bonds. The first-order valence-electron chi connectivity index (χ1n) is 8.16. The Bertz CT molecular complexity index is 856. The standard InChI is InChI=1S/C19H18N4O/c24-19(21-13-14-9-11-20-12-10-14)18-16-7-4-8-17(16)23(22-18)15-5-2-1-3-6-15/h1-3,5-6,9-12H,4,7-8,13H2,(H,21,24). The summed E-state index contributed by atoms with van der Waals surface area (Å²) >= 11 is 0. The van der Waals surface area contributed by atoms with E-state index in [4.69, 9.17) is 0 Å². The number of para-hydroxylation sites is 1. The van der Waals surface area contributed by atoms with Gasteiger partial charge in [0.15, 0.2) is 5.69 Å². The van der Waals surface area contributed by atoms with Crippen LogP contribution in [0.3, 0.4) is 0 Å². The van der Waals surface area contributed by atoms with E-state index >= 15 is 0 Å². The number of carbonyl (C=O) groups is 1. The van der Waals surface area contributed by atoms with Gasteiger partial charge in [-0.15, -0.1) is 0 Å². The largest absolute Gasteiger partial charge is 0.347 e. The zero-order valence-electron chi connectivity index (χ0n) is 13.3. The van der Waals surface area contributed by atoms with Crippen molar-refractivity contribution in [2.24, 2.45) is 0 Å². The molecule has 0 bridgehead atoms. The summed E-state index contributed by atoms with van der Waals surface area (Å²) in [7, 11) is 0. The molecule has 1 aliphatic carbocycles. The lowest BCUT2D eigenvalue weighted by Crippen LogP contribution is -2.24. The van der Waals surface area contributed by atoms with E-state index in [1.165, 1.54) is 0 Å². The molecule has 0 atom stereocenters. The second-order valence-corrected chi connectivity index (χ2v) is 5.91. The van der Waals surface area contributed by atoms with E-state index in [0.29, 0.717) is 12.2 Å². The van der Waals surface area contributed by atoms with Crippen LogP contribution in [0.25, 0.3) is 5.69 Å². The monoisotopic (exact) mass is 318 g/mol. The molecule has 4 rings (SSSR count). The molecule has 0 fully saturated rings. The van der Waals surface area contributed by atoms with Crippen LogP contribution in [0.15, 0.2) is 54.9 Å². The second-order valence-electron chi connectivity index (χ2n) is 5.91. The van der Waals surface area contributed by atoms with E-state index in [0.717, 1.165) is 41.8 Å². The minimum Gasteiger partial charge on any atom is -0.347 e. The van der Waals surface area contributed by atoms with E-state index in [2.05, 4.69) is 15.4 Å². The first kappa shape index (κ1) is 14.6. The number of rotatable bonds is 4.